The molecule has 8 heteroatoms. The van der Waals surface area contributed by atoms with Gasteiger partial charge in [0.2, 0.25) is 10.0 Å². The van der Waals surface area contributed by atoms with Gasteiger partial charge in [-0.1, -0.05) is 11.6 Å². The molecule has 2 aliphatic rings. The van der Waals surface area contributed by atoms with Gasteiger partial charge in [-0.05, 0) is 25.2 Å². The lowest BCUT2D eigenvalue weighted by Gasteiger charge is -2.29. The van der Waals surface area contributed by atoms with Crippen LogP contribution in [0.4, 0.5) is 0 Å². The van der Waals surface area contributed by atoms with Crippen molar-refractivity contribution in [1.29, 1.82) is 5.26 Å². The maximum atomic E-state index is 13.0. The van der Waals surface area contributed by atoms with Crippen molar-refractivity contribution in [2.24, 2.45) is 5.92 Å². The Morgan fingerprint density at radius 3 is 2.78 bits per heavy atom. The summed E-state index contributed by atoms with van der Waals surface area (Å²) < 4.78 is 33.1. The van der Waals surface area contributed by atoms with Crippen molar-refractivity contribution in [3.63, 3.8) is 0 Å². The molecule has 2 fully saturated rings. The molecular formula is C15H18ClN3O3S. The van der Waals surface area contributed by atoms with Crippen LogP contribution in [-0.2, 0) is 14.8 Å². The highest BCUT2D eigenvalue weighted by molar-refractivity contribution is 7.89. The Kier molecular flexibility index (Phi) is 4.63. The van der Waals surface area contributed by atoms with Crippen molar-refractivity contribution < 1.29 is 13.2 Å². The molecule has 6 nitrogen and oxygen atoms in total. The number of nitriles is 1. The lowest BCUT2D eigenvalue weighted by molar-refractivity contribution is 0.0727. The zero-order valence-electron chi connectivity index (χ0n) is 12.8. The fourth-order valence-electron chi connectivity index (χ4n) is 3.12. The fourth-order valence-corrected chi connectivity index (χ4v) is 5.19. The number of hydrogen-bond acceptors (Lipinski definition) is 5. The lowest BCUT2D eigenvalue weighted by atomic mass is 10.1. The molecule has 23 heavy (non-hydrogen) atoms. The van der Waals surface area contributed by atoms with Crippen LogP contribution in [0.1, 0.15) is 5.56 Å². The Hall–Kier alpha value is -1.17. The second-order valence-electron chi connectivity index (χ2n) is 6.08. The van der Waals surface area contributed by atoms with Crippen molar-refractivity contribution in [1.82, 2.24) is 9.21 Å². The second-order valence-corrected chi connectivity index (χ2v) is 8.39. The maximum absolute atomic E-state index is 13.0. The summed E-state index contributed by atoms with van der Waals surface area (Å²) >= 11 is 6.11. The van der Waals surface area contributed by atoms with Crippen molar-refractivity contribution >= 4 is 21.6 Å². The number of hydrogen-bond donors (Lipinski definition) is 0. The van der Waals surface area contributed by atoms with Gasteiger partial charge in [-0.25, -0.2) is 8.42 Å². The Morgan fingerprint density at radius 1 is 1.30 bits per heavy atom. The van der Waals surface area contributed by atoms with Gasteiger partial charge in [0.15, 0.2) is 0 Å². The summed E-state index contributed by atoms with van der Waals surface area (Å²) in [5.74, 6) is 0.138. The van der Waals surface area contributed by atoms with Gasteiger partial charge < -0.3 is 4.74 Å². The highest BCUT2D eigenvalue weighted by Crippen LogP contribution is 2.29. The number of ether oxygens (including phenoxy) is 1. The van der Waals surface area contributed by atoms with Crippen molar-refractivity contribution in [2.75, 3.05) is 39.9 Å². The number of halogens is 1. The number of nitrogens with zero attached hydrogens (tertiary/aromatic N) is 3. The van der Waals surface area contributed by atoms with Crippen LogP contribution < -0.4 is 0 Å². The van der Waals surface area contributed by atoms with E-state index in [1.165, 1.54) is 22.5 Å². The van der Waals surface area contributed by atoms with Crippen molar-refractivity contribution in [3.05, 3.63) is 28.8 Å². The van der Waals surface area contributed by atoms with Crippen LogP contribution in [0.5, 0.6) is 0 Å². The molecule has 0 amide bonds. The molecule has 1 aromatic carbocycles. The zero-order chi connectivity index (χ0) is 16.6. The Bertz CT molecular complexity index is 747. The van der Waals surface area contributed by atoms with E-state index in [0.29, 0.717) is 31.9 Å². The van der Waals surface area contributed by atoms with E-state index in [2.05, 4.69) is 4.90 Å². The number of sulfonamides is 1. The molecular weight excluding hydrogens is 338 g/mol. The molecule has 1 aromatic rings. The molecule has 3 rings (SSSR count). The van der Waals surface area contributed by atoms with E-state index in [0.717, 1.165) is 6.54 Å². The lowest BCUT2D eigenvalue weighted by Crippen LogP contribution is -2.44. The number of rotatable bonds is 2. The standard InChI is InChI=1S/C15H18ClN3O3S/c1-18-6-12-7-19(8-13(18)10-22-9-12)23(20,21)15-3-2-11(5-17)4-14(15)16/h2-4,12-13H,6-10H2,1H3/t12-,13+/m1/s1. The largest absolute Gasteiger partial charge is 0.379 e. The SMILES string of the molecule is CN1C[C@H]2COC[C@@H]1CN(S(=O)(=O)c1ccc(C#N)cc1Cl)C2. The van der Waals surface area contributed by atoms with Gasteiger partial charge >= 0.3 is 0 Å². The quantitative estimate of drug-likeness (QED) is 0.796. The van der Waals surface area contributed by atoms with Crippen LogP contribution in [0.2, 0.25) is 5.02 Å². The van der Waals surface area contributed by atoms with Gasteiger partial charge in [-0.3, -0.25) is 4.90 Å². The van der Waals surface area contributed by atoms with E-state index < -0.39 is 10.0 Å². The highest BCUT2D eigenvalue weighted by Gasteiger charge is 2.37. The first-order valence-corrected chi connectivity index (χ1v) is 9.21. The first-order chi connectivity index (χ1) is 10.9. The third kappa shape index (κ3) is 3.23. The summed E-state index contributed by atoms with van der Waals surface area (Å²) in [6, 6.07) is 6.28. The molecule has 2 heterocycles. The predicted molar refractivity (Wildman–Crippen MR) is 85.7 cm³/mol. The first kappa shape index (κ1) is 16.7. The number of likely N-dealkylation sites (N-methyl/N-ethyl adjacent to an activating group) is 1. The van der Waals surface area contributed by atoms with Crippen LogP contribution >= 0.6 is 11.6 Å². The van der Waals surface area contributed by atoms with E-state index in [4.69, 9.17) is 21.6 Å². The van der Waals surface area contributed by atoms with Gasteiger partial charge in [-0.2, -0.15) is 9.57 Å². The van der Waals surface area contributed by atoms with E-state index in [1.807, 2.05) is 13.1 Å². The van der Waals surface area contributed by atoms with Gasteiger partial charge in [0.25, 0.3) is 0 Å². The minimum absolute atomic E-state index is 0.0365. The van der Waals surface area contributed by atoms with E-state index in [-0.39, 0.29) is 21.9 Å². The molecule has 0 N–H and O–H groups in total. The molecule has 0 aliphatic carbocycles. The Balaban J connectivity index is 1.95. The minimum Gasteiger partial charge on any atom is -0.379 e. The molecule has 0 aromatic heterocycles. The van der Waals surface area contributed by atoms with E-state index >= 15 is 0 Å². The third-order valence-corrected chi connectivity index (χ3v) is 6.70. The fraction of sp³-hybridized carbons (Fsp3) is 0.533. The van der Waals surface area contributed by atoms with Crippen LogP contribution in [0.25, 0.3) is 0 Å². The molecule has 2 bridgehead atoms. The summed E-state index contributed by atoms with van der Waals surface area (Å²) in [6.07, 6.45) is 0. The Morgan fingerprint density at radius 2 is 2.09 bits per heavy atom. The Labute approximate surface area is 141 Å². The summed E-state index contributed by atoms with van der Waals surface area (Å²) in [5, 5.41) is 8.98. The summed E-state index contributed by atoms with van der Waals surface area (Å²) in [6.45, 7) is 2.71. The third-order valence-electron chi connectivity index (χ3n) is 4.39. The first-order valence-electron chi connectivity index (χ1n) is 7.39. The van der Waals surface area contributed by atoms with Gasteiger partial charge in [0.05, 0.1) is 29.9 Å². The molecule has 2 saturated heterocycles. The molecule has 124 valence electrons. The average Bonchev–Trinajstić information content (AvgIpc) is 2.75. The van der Waals surface area contributed by atoms with Crippen LogP contribution in [0, 0.1) is 17.2 Å². The monoisotopic (exact) mass is 355 g/mol. The topological polar surface area (TPSA) is 73.6 Å². The maximum Gasteiger partial charge on any atom is 0.244 e. The van der Waals surface area contributed by atoms with Crippen molar-refractivity contribution in [2.45, 2.75) is 10.9 Å². The van der Waals surface area contributed by atoms with E-state index in [1.54, 1.807) is 0 Å². The van der Waals surface area contributed by atoms with Gasteiger partial charge in [0, 0.05) is 31.6 Å². The van der Waals surface area contributed by atoms with Gasteiger partial charge in [0.1, 0.15) is 4.90 Å². The summed E-state index contributed by atoms with van der Waals surface area (Å²) in [4.78, 5) is 2.22. The number of fused-ring (bicyclic) bond motifs is 3. The number of benzene rings is 1. The molecule has 2 atom stereocenters. The summed E-state index contributed by atoms with van der Waals surface area (Å²) in [5.41, 5.74) is 0.342. The molecule has 0 unspecified atom stereocenters. The van der Waals surface area contributed by atoms with Crippen LogP contribution in [0.3, 0.4) is 0 Å². The van der Waals surface area contributed by atoms with Crippen LogP contribution in [0.15, 0.2) is 23.1 Å². The molecule has 2 aliphatic heterocycles. The normalized spacial score (nSPS) is 26.5. The highest BCUT2D eigenvalue weighted by atomic mass is 35.5. The van der Waals surface area contributed by atoms with Crippen molar-refractivity contribution in [3.8, 4) is 6.07 Å². The van der Waals surface area contributed by atoms with Crippen LogP contribution in [-0.4, -0.2) is 63.6 Å². The summed E-state index contributed by atoms with van der Waals surface area (Å²) in [7, 11) is -1.70. The second kappa shape index (κ2) is 6.38. The molecule has 0 spiro atoms. The predicted octanol–water partition coefficient (Wildman–Crippen LogP) is 1.16. The van der Waals surface area contributed by atoms with E-state index in [9.17, 15) is 8.42 Å². The van der Waals surface area contributed by atoms with Gasteiger partial charge in [-0.15, -0.1) is 0 Å². The molecule has 0 saturated carbocycles. The zero-order valence-corrected chi connectivity index (χ0v) is 14.3. The molecule has 0 radical (unpaired) electrons. The smallest absolute Gasteiger partial charge is 0.244 e. The minimum atomic E-state index is -3.70. The average molecular weight is 356 g/mol.